The third kappa shape index (κ3) is 3.91. The summed E-state index contributed by atoms with van der Waals surface area (Å²) in [5.41, 5.74) is 3.26. The lowest BCUT2D eigenvalue weighted by Gasteiger charge is -2.28. The third-order valence-corrected chi connectivity index (χ3v) is 4.79. The lowest BCUT2D eigenvalue weighted by Crippen LogP contribution is -2.40. The zero-order chi connectivity index (χ0) is 15.2. The monoisotopic (exact) mass is 303 g/mol. The summed E-state index contributed by atoms with van der Waals surface area (Å²) in [6.45, 7) is 2.76. The zero-order valence-corrected chi connectivity index (χ0v) is 13.1. The second-order valence-corrected chi connectivity index (χ2v) is 6.08. The molecule has 112 valence electrons. The van der Waals surface area contributed by atoms with Crippen molar-refractivity contribution in [2.75, 3.05) is 13.6 Å². The van der Waals surface area contributed by atoms with Gasteiger partial charge in [-0.3, -0.25) is 15.1 Å². The van der Waals surface area contributed by atoms with Gasteiger partial charge in [-0.2, -0.15) is 0 Å². The van der Waals surface area contributed by atoms with E-state index in [0.29, 0.717) is 6.54 Å². The van der Waals surface area contributed by atoms with Gasteiger partial charge in [0.2, 0.25) is 5.91 Å². The summed E-state index contributed by atoms with van der Waals surface area (Å²) in [6.07, 6.45) is 0. The molecular weight excluding hydrogens is 282 g/mol. The molecule has 0 aliphatic rings. The Morgan fingerprint density at radius 3 is 2.57 bits per heavy atom. The van der Waals surface area contributed by atoms with Crippen LogP contribution in [-0.2, 0) is 4.79 Å². The highest BCUT2D eigenvalue weighted by atomic mass is 32.1. The maximum Gasteiger partial charge on any atom is 0.242 e. The number of benzene rings is 1. The van der Waals surface area contributed by atoms with E-state index in [9.17, 15) is 4.79 Å². The fourth-order valence-electron chi connectivity index (χ4n) is 2.32. The summed E-state index contributed by atoms with van der Waals surface area (Å²) in [7, 11) is 2.03. The number of amides is 1. The van der Waals surface area contributed by atoms with Gasteiger partial charge in [0, 0.05) is 17.5 Å². The Hall–Kier alpha value is -1.69. The average molecular weight is 303 g/mol. The number of nitrogens with one attached hydrogen (secondary N) is 1. The second-order valence-electron chi connectivity index (χ2n) is 5.10. The molecule has 0 spiro atoms. The van der Waals surface area contributed by atoms with E-state index in [1.54, 1.807) is 11.3 Å². The summed E-state index contributed by atoms with van der Waals surface area (Å²) in [5.74, 6) is 4.91. The minimum absolute atomic E-state index is 0.161. The third-order valence-electron chi connectivity index (χ3n) is 3.75. The van der Waals surface area contributed by atoms with Gasteiger partial charge in [0.25, 0.3) is 0 Å². The molecule has 2 atom stereocenters. The van der Waals surface area contributed by atoms with E-state index in [2.05, 4.69) is 28.7 Å². The van der Waals surface area contributed by atoms with Crippen LogP contribution in [0.1, 0.15) is 29.3 Å². The molecule has 0 aliphatic carbocycles. The maximum absolute atomic E-state index is 12.1. The van der Waals surface area contributed by atoms with E-state index >= 15 is 0 Å². The van der Waals surface area contributed by atoms with E-state index < -0.39 is 0 Å². The van der Waals surface area contributed by atoms with Gasteiger partial charge >= 0.3 is 0 Å². The lowest BCUT2D eigenvalue weighted by molar-refractivity contribution is -0.123. The summed E-state index contributed by atoms with van der Waals surface area (Å²) in [5, 5.41) is 2.07. The molecule has 0 bridgehead atoms. The number of hydrogen-bond acceptors (Lipinski definition) is 4. The molecule has 2 rings (SSSR count). The Bertz CT molecular complexity index is 556. The normalized spacial score (nSPS) is 13.9. The molecule has 0 radical (unpaired) electrons. The highest BCUT2D eigenvalue weighted by molar-refractivity contribution is 7.10. The Kier molecular flexibility index (Phi) is 5.50. The Morgan fingerprint density at radius 2 is 2.00 bits per heavy atom. The lowest BCUT2D eigenvalue weighted by atomic mass is 9.97. The molecule has 2 aromatic rings. The summed E-state index contributed by atoms with van der Waals surface area (Å²) in [6, 6.07) is 14.2. The highest BCUT2D eigenvalue weighted by Gasteiger charge is 2.24. The fraction of sp³-hybridized carbons (Fsp3) is 0.312. The van der Waals surface area contributed by atoms with E-state index in [4.69, 9.17) is 5.84 Å². The number of hydrogen-bond donors (Lipinski definition) is 2. The van der Waals surface area contributed by atoms with Crippen molar-refractivity contribution >= 4 is 17.2 Å². The molecule has 1 aromatic carbocycles. The molecule has 0 saturated heterocycles. The van der Waals surface area contributed by atoms with E-state index in [0.717, 1.165) is 5.56 Å². The minimum atomic E-state index is -0.274. The number of thiophene rings is 1. The first kappa shape index (κ1) is 15.7. The zero-order valence-electron chi connectivity index (χ0n) is 12.3. The SMILES string of the molecule is CC(c1cccs1)N(C)CC(C(=O)NN)c1ccccc1. The fourth-order valence-corrected chi connectivity index (χ4v) is 3.17. The van der Waals surface area contributed by atoms with Crippen molar-refractivity contribution in [2.45, 2.75) is 18.9 Å². The number of nitrogens with two attached hydrogens (primary N) is 1. The number of likely N-dealkylation sites (N-methyl/N-ethyl adjacent to an activating group) is 1. The first-order chi connectivity index (χ1) is 10.1. The van der Waals surface area contributed by atoms with E-state index in [1.807, 2.05) is 43.4 Å². The number of carbonyl (C=O) groups is 1. The first-order valence-electron chi connectivity index (χ1n) is 6.92. The van der Waals surface area contributed by atoms with Crippen molar-refractivity contribution in [3.8, 4) is 0 Å². The largest absolute Gasteiger partial charge is 0.298 e. The number of carbonyl (C=O) groups excluding carboxylic acids is 1. The second kappa shape index (κ2) is 7.36. The van der Waals surface area contributed by atoms with Crippen LogP contribution in [0.25, 0.3) is 0 Å². The molecular formula is C16H21N3OS. The van der Waals surface area contributed by atoms with Gasteiger partial charge in [-0.15, -0.1) is 11.3 Å². The van der Waals surface area contributed by atoms with Gasteiger partial charge in [0.15, 0.2) is 0 Å². The van der Waals surface area contributed by atoms with Gasteiger partial charge in [0.05, 0.1) is 5.92 Å². The smallest absolute Gasteiger partial charge is 0.242 e. The number of rotatable bonds is 6. The Balaban J connectivity index is 2.14. The van der Waals surface area contributed by atoms with Crippen LogP contribution in [-0.4, -0.2) is 24.4 Å². The van der Waals surface area contributed by atoms with Crippen molar-refractivity contribution in [1.82, 2.24) is 10.3 Å². The van der Waals surface area contributed by atoms with Crippen LogP contribution >= 0.6 is 11.3 Å². The van der Waals surface area contributed by atoms with Gasteiger partial charge in [-0.05, 0) is 31.0 Å². The minimum Gasteiger partial charge on any atom is -0.298 e. The molecule has 0 aliphatic heterocycles. The predicted octanol–water partition coefficient (Wildman–Crippen LogP) is 2.51. The highest BCUT2D eigenvalue weighted by Crippen LogP contribution is 2.26. The quantitative estimate of drug-likeness (QED) is 0.490. The molecule has 1 aromatic heterocycles. The van der Waals surface area contributed by atoms with Crippen LogP contribution in [0.4, 0.5) is 0 Å². The molecule has 4 nitrogen and oxygen atoms in total. The molecule has 21 heavy (non-hydrogen) atoms. The number of nitrogens with zero attached hydrogens (tertiary/aromatic N) is 1. The van der Waals surface area contributed by atoms with Gasteiger partial charge < -0.3 is 0 Å². The molecule has 3 N–H and O–H groups in total. The van der Waals surface area contributed by atoms with Gasteiger partial charge in [-0.1, -0.05) is 36.4 Å². The van der Waals surface area contributed by atoms with Crippen molar-refractivity contribution in [2.24, 2.45) is 5.84 Å². The van der Waals surface area contributed by atoms with Crippen molar-refractivity contribution in [3.05, 3.63) is 58.3 Å². The van der Waals surface area contributed by atoms with Crippen molar-refractivity contribution in [3.63, 3.8) is 0 Å². The molecule has 2 unspecified atom stereocenters. The molecule has 0 fully saturated rings. The summed E-state index contributed by atoms with van der Waals surface area (Å²) >= 11 is 1.73. The molecule has 0 saturated carbocycles. The van der Waals surface area contributed by atoms with Crippen LogP contribution in [0.3, 0.4) is 0 Å². The molecule has 1 amide bonds. The summed E-state index contributed by atoms with van der Waals surface area (Å²) < 4.78 is 0. The average Bonchev–Trinajstić information content (AvgIpc) is 3.06. The Labute approximate surface area is 129 Å². The topological polar surface area (TPSA) is 58.4 Å². The summed E-state index contributed by atoms with van der Waals surface area (Å²) in [4.78, 5) is 15.6. The first-order valence-corrected chi connectivity index (χ1v) is 7.80. The standard InChI is InChI=1S/C16H21N3OS/c1-12(15-9-6-10-21-15)19(2)11-14(16(20)18-17)13-7-4-3-5-8-13/h3-10,12,14H,11,17H2,1-2H3,(H,18,20). The van der Waals surface area contributed by atoms with Crippen LogP contribution in [0.2, 0.25) is 0 Å². The molecule has 5 heteroatoms. The van der Waals surface area contributed by atoms with Crippen LogP contribution in [0.5, 0.6) is 0 Å². The van der Waals surface area contributed by atoms with Gasteiger partial charge in [-0.25, -0.2) is 5.84 Å². The molecule has 1 heterocycles. The number of hydrazine groups is 1. The van der Waals surface area contributed by atoms with Crippen molar-refractivity contribution < 1.29 is 4.79 Å². The van der Waals surface area contributed by atoms with Crippen molar-refractivity contribution in [1.29, 1.82) is 0 Å². The van der Waals surface area contributed by atoms with Crippen LogP contribution < -0.4 is 11.3 Å². The maximum atomic E-state index is 12.1. The predicted molar refractivity (Wildman–Crippen MR) is 86.9 cm³/mol. The van der Waals surface area contributed by atoms with Crippen LogP contribution in [0.15, 0.2) is 47.8 Å². The Morgan fingerprint density at radius 1 is 1.29 bits per heavy atom. The van der Waals surface area contributed by atoms with E-state index in [1.165, 1.54) is 4.88 Å². The van der Waals surface area contributed by atoms with E-state index in [-0.39, 0.29) is 17.9 Å². The van der Waals surface area contributed by atoms with Crippen LogP contribution in [0, 0.1) is 0 Å². The van der Waals surface area contributed by atoms with Gasteiger partial charge in [0.1, 0.15) is 0 Å².